The number of allylic oxidation sites excluding steroid dienone is 16. The molecule has 0 aromatic carbocycles. The molecule has 0 radical (unpaired) electrons. The second-order valence-corrected chi connectivity index (χ2v) is 17.3. The van der Waals surface area contributed by atoms with Crippen LogP contribution in [-0.2, 0) is 14.3 Å². The predicted molar refractivity (Wildman–Crippen MR) is 273 cm³/mol. The number of ether oxygens (including phenoxy) is 1. The van der Waals surface area contributed by atoms with Gasteiger partial charge in [0.1, 0.15) is 6.10 Å². The zero-order chi connectivity index (χ0) is 45.9. The summed E-state index contributed by atoms with van der Waals surface area (Å²) in [6.07, 6.45) is 66.1. The van der Waals surface area contributed by atoms with Gasteiger partial charge in [-0.2, -0.15) is 0 Å². The molecule has 0 spiro atoms. The first-order valence-corrected chi connectivity index (χ1v) is 26.0. The molecule has 0 rings (SSSR count). The summed E-state index contributed by atoms with van der Waals surface area (Å²) in [5.41, 5.74) is 0. The highest BCUT2D eigenvalue weighted by atomic mass is 16.5. The van der Waals surface area contributed by atoms with E-state index in [4.69, 9.17) is 4.74 Å². The molecule has 0 bridgehead atoms. The van der Waals surface area contributed by atoms with Gasteiger partial charge in [-0.05, 0) is 77.0 Å². The Labute approximate surface area is 388 Å². The van der Waals surface area contributed by atoms with Gasteiger partial charge in [0.25, 0.3) is 0 Å². The summed E-state index contributed by atoms with van der Waals surface area (Å²) >= 11 is 0. The zero-order valence-electron chi connectivity index (χ0n) is 40.9. The number of unbranched alkanes of at least 4 members (excludes halogenated alkanes) is 21. The van der Waals surface area contributed by atoms with Crippen LogP contribution >= 0.6 is 0 Å². The lowest BCUT2D eigenvalue weighted by atomic mass is 10.0. The molecule has 1 amide bonds. The minimum atomic E-state index is -0.812. The van der Waals surface area contributed by atoms with Crippen molar-refractivity contribution in [3.63, 3.8) is 0 Å². The van der Waals surface area contributed by atoms with E-state index >= 15 is 0 Å². The molecule has 0 saturated heterocycles. The number of carbonyl (C=O) groups is 2. The third-order valence-corrected chi connectivity index (χ3v) is 11.3. The Morgan fingerprint density at radius 1 is 0.492 bits per heavy atom. The molecule has 3 unspecified atom stereocenters. The lowest BCUT2D eigenvalue weighted by molar-refractivity contribution is -0.151. The maximum absolute atomic E-state index is 13.2. The van der Waals surface area contributed by atoms with Crippen molar-refractivity contribution >= 4 is 11.9 Å². The first kappa shape index (κ1) is 59.8. The normalized spacial score (nSPS) is 14.0. The first-order chi connectivity index (χ1) is 31.0. The highest BCUT2D eigenvalue weighted by Gasteiger charge is 2.24. The van der Waals surface area contributed by atoms with Gasteiger partial charge in [-0.25, -0.2) is 0 Å². The second kappa shape index (κ2) is 49.8. The average molecular weight is 876 g/mol. The van der Waals surface area contributed by atoms with Crippen LogP contribution in [0.15, 0.2) is 97.2 Å². The smallest absolute Gasteiger partial charge is 0.306 e. The fourth-order valence-corrected chi connectivity index (χ4v) is 7.35. The number of rotatable bonds is 45. The van der Waals surface area contributed by atoms with Crippen molar-refractivity contribution < 1.29 is 24.5 Å². The van der Waals surface area contributed by atoms with Crippen molar-refractivity contribution in [2.45, 2.75) is 244 Å². The van der Waals surface area contributed by atoms with E-state index in [0.29, 0.717) is 19.3 Å². The van der Waals surface area contributed by atoms with Crippen LogP contribution in [-0.4, -0.2) is 46.9 Å². The maximum Gasteiger partial charge on any atom is 0.306 e. The van der Waals surface area contributed by atoms with Crippen LogP contribution in [0.2, 0.25) is 0 Å². The van der Waals surface area contributed by atoms with Gasteiger partial charge in [0.15, 0.2) is 0 Å². The number of hydrogen-bond acceptors (Lipinski definition) is 5. The summed E-state index contributed by atoms with van der Waals surface area (Å²) in [6, 6.07) is -0.729. The predicted octanol–water partition coefficient (Wildman–Crippen LogP) is 15.7. The Morgan fingerprint density at radius 2 is 0.921 bits per heavy atom. The molecule has 6 nitrogen and oxygen atoms in total. The molecule has 360 valence electrons. The van der Waals surface area contributed by atoms with E-state index in [1.807, 2.05) is 54.7 Å². The van der Waals surface area contributed by atoms with Crippen LogP contribution in [0.5, 0.6) is 0 Å². The van der Waals surface area contributed by atoms with Crippen LogP contribution in [0.3, 0.4) is 0 Å². The van der Waals surface area contributed by atoms with E-state index in [1.165, 1.54) is 96.3 Å². The van der Waals surface area contributed by atoms with E-state index < -0.39 is 18.2 Å². The highest BCUT2D eigenvalue weighted by Crippen LogP contribution is 2.17. The number of aliphatic hydroxyl groups excluding tert-OH is 2. The lowest BCUT2D eigenvalue weighted by Crippen LogP contribution is -2.46. The molecule has 0 saturated carbocycles. The van der Waals surface area contributed by atoms with Crippen LogP contribution < -0.4 is 5.32 Å². The van der Waals surface area contributed by atoms with Crippen molar-refractivity contribution in [3.05, 3.63) is 97.2 Å². The third-order valence-electron chi connectivity index (χ3n) is 11.3. The van der Waals surface area contributed by atoms with Crippen molar-refractivity contribution in [1.82, 2.24) is 5.32 Å². The summed E-state index contributed by atoms with van der Waals surface area (Å²) < 4.78 is 5.88. The van der Waals surface area contributed by atoms with Gasteiger partial charge < -0.3 is 20.3 Å². The SMILES string of the molecule is CC/C=C/C=C/C=C\C=C/C=C/CCCC(=O)OC(CCCCCC/C=C\C/C=C\C/C=C\CCCCC)CC(=O)NC(CO)C(O)CCCCCCCCCCCCCCCC. The van der Waals surface area contributed by atoms with Gasteiger partial charge in [-0.1, -0.05) is 234 Å². The van der Waals surface area contributed by atoms with Crippen molar-refractivity contribution in [2.24, 2.45) is 0 Å². The molecule has 63 heavy (non-hydrogen) atoms. The number of amides is 1. The maximum atomic E-state index is 13.2. The second-order valence-electron chi connectivity index (χ2n) is 17.3. The molecule has 0 aromatic heterocycles. The van der Waals surface area contributed by atoms with E-state index in [1.54, 1.807) is 0 Å². The molecule has 0 aliphatic carbocycles. The largest absolute Gasteiger partial charge is 0.462 e. The summed E-state index contributed by atoms with van der Waals surface area (Å²) in [6.45, 7) is 6.28. The van der Waals surface area contributed by atoms with E-state index in [2.05, 4.69) is 68.6 Å². The van der Waals surface area contributed by atoms with Crippen LogP contribution in [0, 0.1) is 0 Å². The Bertz CT molecular complexity index is 1260. The van der Waals surface area contributed by atoms with Gasteiger partial charge in [-0.3, -0.25) is 9.59 Å². The summed E-state index contributed by atoms with van der Waals surface area (Å²) in [7, 11) is 0. The first-order valence-electron chi connectivity index (χ1n) is 26.0. The van der Waals surface area contributed by atoms with Crippen LogP contribution in [0.4, 0.5) is 0 Å². The Kier molecular flexibility index (Phi) is 47.2. The van der Waals surface area contributed by atoms with E-state index in [0.717, 1.165) is 77.0 Å². The van der Waals surface area contributed by atoms with Gasteiger partial charge in [-0.15, -0.1) is 0 Å². The Hall–Kier alpha value is -3.22. The van der Waals surface area contributed by atoms with Crippen molar-refractivity contribution in [2.75, 3.05) is 6.61 Å². The number of aliphatic hydroxyl groups is 2. The standard InChI is InChI=1S/C57H97NO5/c1-4-7-10-13-16-19-22-25-27-28-29-31-33-36-39-42-45-48-53(63-57(62)50-47-44-41-38-35-30-24-21-18-15-12-9-6-3)51-56(61)58-54(52-59)55(60)49-46-43-40-37-34-32-26-23-20-17-14-11-8-5-2/h9,12,15-16,18-19,21,24-25,27,29-31,35,38,41,53-55,59-60H,4-8,10-11,13-14,17,20,22-23,26,28,32-34,36-37,39-40,42-52H2,1-3H3,(H,58,61)/b12-9+,18-15+,19-16-,24-21-,27-25-,31-29-,35-30-,41-38+. The quantitative estimate of drug-likeness (QED) is 0.0245. The van der Waals surface area contributed by atoms with Gasteiger partial charge >= 0.3 is 5.97 Å². The molecule has 0 aliphatic rings. The lowest BCUT2D eigenvalue weighted by Gasteiger charge is -2.24. The summed E-state index contributed by atoms with van der Waals surface area (Å²) in [4.78, 5) is 26.1. The fourth-order valence-electron chi connectivity index (χ4n) is 7.35. The minimum absolute atomic E-state index is 0.0288. The van der Waals surface area contributed by atoms with Crippen LogP contribution in [0.1, 0.15) is 226 Å². The molecule has 0 fully saturated rings. The summed E-state index contributed by atoms with van der Waals surface area (Å²) in [5, 5.41) is 23.8. The molecule has 3 N–H and O–H groups in total. The Balaban J connectivity index is 4.74. The molecule has 0 aliphatic heterocycles. The fraction of sp³-hybridized carbons (Fsp3) is 0.684. The number of hydrogen-bond donors (Lipinski definition) is 3. The van der Waals surface area contributed by atoms with E-state index in [-0.39, 0.29) is 31.3 Å². The molecule has 0 aromatic rings. The van der Waals surface area contributed by atoms with E-state index in [9.17, 15) is 19.8 Å². The van der Waals surface area contributed by atoms with Crippen LogP contribution in [0.25, 0.3) is 0 Å². The molecule has 3 atom stereocenters. The molecular formula is C57H97NO5. The summed E-state index contributed by atoms with van der Waals surface area (Å²) in [5.74, 6) is -0.590. The zero-order valence-corrected chi connectivity index (χ0v) is 40.9. The van der Waals surface area contributed by atoms with Crippen molar-refractivity contribution in [1.29, 1.82) is 0 Å². The van der Waals surface area contributed by atoms with Crippen molar-refractivity contribution in [3.8, 4) is 0 Å². The minimum Gasteiger partial charge on any atom is -0.462 e. The highest BCUT2D eigenvalue weighted by molar-refractivity contribution is 5.77. The van der Waals surface area contributed by atoms with Gasteiger partial charge in [0.2, 0.25) is 5.91 Å². The molecule has 6 heteroatoms. The topological polar surface area (TPSA) is 95.9 Å². The number of esters is 1. The average Bonchev–Trinajstić information content (AvgIpc) is 3.28. The third kappa shape index (κ3) is 45.2. The van der Waals surface area contributed by atoms with Gasteiger partial charge in [0, 0.05) is 6.42 Å². The number of nitrogens with one attached hydrogen (secondary N) is 1. The molecule has 0 heterocycles. The Morgan fingerprint density at radius 3 is 1.46 bits per heavy atom. The van der Waals surface area contributed by atoms with Gasteiger partial charge in [0.05, 0.1) is 25.2 Å². The monoisotopic (exact) mass is 876 g/mol. The molecular weight excluding hydrogens is 779 g/mol. The number of carbonyl (C=O) groups excluding carboxylic acids is 2.